The van der Waals surface area contributed by atoms with E-state index in [0.29, 0.717) is 13.0 Å². The summed E-state index contributed by atoms with van der Waals surface area (Å²) in [5, 5.41) is 9.37. The summed E-state index contributed by atoms with van der Waals surface area (Å²) in [5.74, 6) is -0.592. The van der Waals surface area contributed by atoms with E-state index in [0.717, 1.165) is 26.5 Å². The van der Waals surface area contributed by atoms with E-state index in [-0.39, 0.29) is 31.3 Å². The smallest absolute Gasteiger partial charge is 0.331 e. The van der Waals surface area contributed by atoms with Gasteiger partial charge in [-0.3, -0.25) is 23.5 Å². The summed E-state index contributed by atoms with van der Waals surface area (Å²) in [5.41, 5.74) is -0.414. The predicted molar refractivity (Wildman–Crippen MR) is 105 cm³/mol. The van der Waals surface area contributed by atoms with Crippen LogP contribution in [0.15, 0.2) is 39.9 Å². The molecule has 1 unspecified atom stereocenters. The molecular formula is C20H22N4O5. The maximum Gasteiger partial charge on any atom is 0.331 e. The van der Waals surface area contributed by atoms with E-state index >= 15 is 0 Å². The van der Waals surface area contributed by atoms with Crippen LogP contribution in [0.4, 0.5) is 5.69 Å². The molecule has 0 radical (unpaired) electrons. The summed E-state index contributed by atoms with van der Waals surface area (Å²) in [7, 11) is 2.80. The van der Waals surface area contributed by atoms with Crippen molar-refractivity contribution < 1.29 is 14.7 Å². The molecule has 152 valence electrons. The average Bonchev–Trinajstić information content (AvgIpc) is 3.26. The van der Waals surface area contributed by atoms with Crippen LogP contribution in [-0.4, -0.2) is 57.2 Å². The Labute approximate surface area is 166 Å². The number of hydrogen-bond donors (Lipinski definition) is 1. The predicted octanol–water partition coefficient (Wildman–Crippen LogP) is -0.793. The molecule has 9 heteroatoms. The number of fused-ring (bicyclic) bond motifs is 2. The van der Waals surface area contributed by atoms with Gasteiger partial charge in [0.2, 0.25) is 5.91 Å². The van der Waals surface area contributed by atoms with E-state index in [1.807, 2.05) is 24.3 Å². The third kappa shape index (κ3) is 2.65. The van der Waals surface area contributed by atoms with E-state index in [2.05, 4.69) is 0 Å². The van der Waals surface area contributed by atoms with Crippen LogP contribution in [0.2, 0.25) is 0 Å². The Morgan fingerprint density at radius 2 is 1.86 bits per heavy atom. The molecule has 1 fully saturated rings. The zero-order chi connectivity index (χ0) is 20.9. The molecule has 0 saturated carbocycles. The van der Waals surface area contributed by atoms with Gasteiger partial charge in [0.25, 0.3) is 11.5 Å². The van der Waals surface area contributed by atoms with Crippen LogP contribution in [0.3, 0.4) is 0 Å². The normalized spacial score (nSPS) is 20.6. The van der Waals surface area contributed by atoms with Gasteiger partial charge in [0, 0.05) is 45.5 Å². The number of para-hydroxylation sites is 1. The first-order valence-corrected chi connectivity index (χ1v) is 9.40. The first-order valence-electron chi connectivity index (χ1n) is 9.40. The third-order valence-electron chi connectivity index (χ3n) is 5.99. The Hall–Kier alpha value is -3.20. The molecule has 2 amide bonds. The number of anilines is 1. The summed E-state index contributed by atoms with van der Waals surface area (Å²) in [6, 6.07) is 8.56. The fraction of sp³-hybridized carbons (Fsp3) is 0.400. The second-order valence-corrected chi connectivity index (χ2v) is 7.52. The Morgan fingerprint density at radius 3 is 2.59 bits per heavy atom. The van der Waals surface area contributed by atoms with Gasteiger partial charge in [-0.15, -0.1) is 0 Å². The molecule has 1 aromatic heterocycles. The number of β-amino-alcohol motifs (C(OH)–C–C–N with tert-alkyl or cyclic N) is 1. The van der Waals surface area contributed by atoms with E-state index in [9.17, 15) is 24.3 Å². The summed E-state index contributed by atoms with van der Waals surface area (Å²) >= 11 is 0. The molecule has 2 aliphatic heterocycles. The van der Waals surface area contributed by atoms with Crippen molar-refractivity contribution in [1.82, 2.24) is 14.0 Å². The van der Waals surface area contributed by atoms with Crippen LogP contribution in [0, 0.1) is 0 Å². The van der Waals surface area contributed by atoms with Crippen LogP contribution in [-0.2, 0) is 24.3 Å². The molecule has 4 rings (SSSR count). The lowest BCUT2D eigenvalue weighted by Gasteiger charge is -2.24. The fourth-order valence-corrected chi connectivity index (χ4v) is 4.40. The first kappa shape index (κ1) is 19.1. The topological polar surface area (TPSA) is 105 Å². The van der Waals surface area contributed by atoms with Crippen molar-refractivity contribution in [2.45, 2.75) is 11.8 Å². The fourth-order valence-electron chi connectivity index (χ4n) is 4.40. The van der Waals surface area contributed by atoms with Crippen molar-refractivity contribution >= 4 is 17.5 Å². The van der Waals surface area contributed by atoms with Gasteiger partial charge in [-0.2, -0.15) is 0 Å². The summed E-state index contributed by atoms with van der Waals surface area (Å²) in [6.07, 6.45) is 0.440. The second kappa shape index (κ2) is 6.70. The summed E-state index contributed by atoms with van der Waals surface area (Å²) in [4.78, 5) is 53.6. The highest BCUT2D eigenvalue weighted by Gasteiger charge is 2.55. The number of carbonyl (C=O) groups is 2. The lowest BCUT2D eigenvalue weighted by atomic mass is 9.81. The minimum atomic E-state index is -0.875. The summed E-state index contributed by atoms with van der Waals surface area (Å²) < 4.78 is 2.09. The van der Waals surface area contributed by atoms with Gasteiger partial charge in [0.05, 0.1) is 12.0 Å². The second-order valence-electron chi connectivity index (χ2n) is 7.52. The molecule has 2 aliphatic rings. The molecule has 2 aromatic rings. The standard InChI is InChI=1S/C20H22N4O5/c1-21-15(11-16(26)22(2)19(21)29)17(27)23-8-7-20(12-23)13-5-3-4-6-14(13)24(9-10-25)18(20)28/h3-6,11,25H,7-10,12H2,1-2H3. The Morgan fingerprint density at radius 1 is 1.14 bits per heavy atom. The van der Waals surface area contributed by atoms with Crippen LogP contribution >= 0.6 is 0 Å². The molecular weight excluding hydrogens is 376 g/mol. The number of aliphatic hydroxyl groups is 1. The number of likely N-dealkylation sites (tertiary alicyclic amines) is 1. The highest BCUT2D eigenvalue weighted by atomic mass is 16.3. The van der Waals surface area contributed by atoms with Crippen molar-refractivity contribution in [2.75, 3.05) is 31.1 Å². The van der Waals surface area contributed by atoms with E-state index in [1.54, 1.807) is 4.90 Å². The molecule has 1 N–H and O–H groups in total. The maximum absolute atomic E-state index is 13.3. The number of hydrogen-bond acceptors (Lipinski definition) is 5. The number of carbonyl (C=O) groups excluding carboxylic acids is 2. The van der Waals surface area contributed by atoms with Crippen LogP contribution in [0.25, 0.3) is 0 Å². The quantitative estimate of drug-likeness (QED) is 0.729. The molecule has 9 nitrogen and oxygen atoms in total. The van der Waals surface area contributed by atoms with Gasteiger partial charge in [0.1, 0.15) is 5.69 Å². The molecule has 29 heavy (non-hydrogen) atoms. The van der Waals surface area contributed by atoms with E-state index in [4.69, 9.17) is 0 Å². The minimum absolute atomic E-state index is 0.00101. The molecule has 0 aliphatic carbocycles. The molecule has 3 heterocycles. The number of aromatic nitrogens is 2. The SMILES string of the molecule is Cn1c(C(=O)N2CCC3(C2)C(=O)N(CCO)c2ccccc23)cc(=O)n(C)c1=O. The Balaban J connectivity index is 1.71. The summed E-state index contributed by atoms with van der Waals surface area (Å²) in [6.45, 7) is 0.519. The van der Waals surface area contributed by atoms with Gasteiger partial charge < -0.3 is 14.9 Å². The van der Waals surface area contributed by atoms with Crippen LogP contribution < -0.4 is 16.1 Å². The number of aliphatic hydroxyl groups excluding tert-OH is 1. The van der Waals surface area contributed by atoms with Crippen molar-refractivity contribution in [3.8, 4) is 0 Å². The first-order chi connectivity index (χ1) is 13.8. The average molecular weight is 398 g/mol. The Bertz CT molecular complexity index is 1130. The zero-order valence-electron chi connectivity index (χ0n) is 16.3. The van der Waals surface area contributed by atoms with Gasteiger partial charge in [-0.05, 0) is 18.1 Å². The van der Waals surface area contributed by atoms with Gasteiger partial charge in [0.15, 0.2) is 0 Å². The lowest BCUT2D eigenvalue weighted by Crippen LogP contribution is -2.45. The largest absolute Gasteiger partial charge is 0.395 e. The van der Waals surface area contributed by atoms with Crippen molar-refractivity contribution in [2.24, 2.45) is 14.1 Å². The molecule has 1 aromatic carbocycles. The highest BCUT2D eigenvalue weighted by Crippen LogP contribution is 2.47. The molecule has 0 bridgehead atoms. The number of benzene rings is 1. The maximum atomic E-state index is 13.3. The molecule has 1 saturated heterocycles. The van der Waals surface area contributed by atoms with Gasteiger partial charge in [-0.1, -0.05) is 18.2 Å². The minimum Gasteiger partial charge on any atom is -0.395 e. The molecule has 1 atom stereocenters. The van der Waals surface area contributed by atoms with E-state index < -0.39 is 22.6 Å². The van der Waals surface area contributed by atoms with Gasteiger partial charge >= 0.3 is 5.69 Å². The van der Waals surface area contributed by atoms with Gasteiger partial charge in [-0.25, -0.2) is 4.79 Å². The van der Waals surface area contributed by atoms with E-state index in [1.165, 1.54) is 19.0 Å². The van der Waals surface area contributed by atoms with Crippen LogP contribution in [0.1, 0.15) is 22.5 Å². The zero-order valence-corrected chi connectivity index (χ0v) is 16.3. The molecule has 1 spiro atoms. The van der Waals surface area contributed by atoms with Crippen molar-refractivity contribution in [3.63, 3.8) is 0 Å². The number of rotatable bonds is 3. The number of amides is 2. The third-order valence-corrected chi connectivity index (χ3v) is 5.99. The van der Waals surface area contributed by atoms with Crippen molar-refractivity contribution in [1.29, 1.82) is 0 Å². The van der Waals surface area contributed by atoms with Crippen LogP contribution in [0.5, 0.6) is 0 Å². The monoisotopic (exact) mass is 398 g/mol. The number of nitrogens with zero attached hydrogens (tertiary/aromatic N) is 4. The Kier molecular flexibility index (Phi) is 4.42. The van der Waals surface area contributed by atoms with Crippen molar-refractivity contribution in [3.05, 3.63) is 62.4 Å². The highest BCUT2D eigenvalue weighted by molar-refractivity contribution is 6.09. The lowest BCUT2D eigenvalue weighted by molar-refractivity contribution is -0.122.